The topological polar surface area (TPSA) is 53.9 Å². The molecule has 2 aliphatic rings. The molecule has 1 saturated carbocycles. The van der Waals surface area contributed by atoms with E-state index in [4.69, 9.17) is 4.74 Å². The number of anilines is 1. The molecule has 2 aromatic rings. The van der Waals surface area contributed by atoms with Crippen molar-refractivity contribution < 1.29 is 13.9 Å². The van der Waals surface area contributed by atoms with Crippen LogP contribution in [0.3, 0.4) is 0 Å². The van der Waals surface area contributed by atoms with Crippen molar-refractivity contribution in [2.75, 3.05) is 11.7 Å². The average Bonchev–Trinajstić information content (AvgIpc) is 3.27. The van der Waals surface area contributed by atoms with Crippen LogP contribution in [0.1, 0.15) is 28.8 Å². The number of nitrogens with zero attached hydrogens (tertiary/aromatic N) is 2. The van der Waals surface area contributed by atoms with Gasteiger partial charge in [-0.25, -0.2) is 9.40 Å². The van der Waals surface area contributed by atoms with Crippen LogP contribution >= 0.6 is 0 Å². The van der Waals surface area contributed by atoms with Crippen molar-refractivity contribution in [3.8, 4) is 11.1 Å². The Labute approximate surface area is 145 Å². The van der Waals surface area contributed by atoms with Crippen LogP contribution in [0.15, 0.2) is 41.5 Å². The quantitative estimate of drug-likeness (QED) is 0.928. The third-order valence-electron chi connectivity index (χ3n) is 4.43. The molecule has 4 rings (SSSR count). The van der Waals surface area contributed by atoms with Crippen LogP contribution in [-0.4, -0.2) is 25.1 Å². The molecule has 128 valence electrons. The molecule has 0 aromatic heterocycles. The normalized spacial score (nSPS) is 16.0. The number of nitrogens with one attached hydrogen (secondary N) is 1. The van der Waals surface area contributed by atoms with Gasteiger partial charge in [0.25, 0.3) is 5.91 Å². The molecular formula is C19H18FN3O2. The maximum Gasteiger partial charge on any atom is 0.253 e. The summed E-state index contributed by atoms with van der Waals surface area (Å²) in [6, 6.07) is 10.9. The standard InChI is InChI=1S/C19H18FN3O2/c1-12-16(20)9-15(19(24)22-14-7-8-14)18(23-11-25-10-21-23)17(12)13-5-3-2-4-6-13/h2-6,9-10,14H,7-8,11H2,1H3,(H,22,24). The number of ether oxygens (including phenoxy) is 1. The summed E-state index contributed by atoms with van der Waals surface area (Å²) in [5.74, 6) is -0.691. The highest BCUT2D eigenvalue weighted by Gasteiger charge is 2.30. The predicted octanol–water partition coefficient (Wildman–Crippen LogP) is 3.43. The van der Waals surface area contributed by atoms with Gasteiger partial charge in [0.05, 0.1) is 11.3 Å². The highest BCUT2D eigenvalue weighted by atomic mass is 19.1. The van der Waals surface area contributed by atoms with Crippen molar-refractivity contribution in [1.29, 1.82) is 0 Å². The van der Waals surface area contributed by atoms with E-state index in [1.54, 1.807) is 11.9 Å². The summed E-state index contributed by atoms with van der Waals surface area (Å²) in [5, 5.41) is 8.71. The zero-order chi connectivity index (χ0) is 17.4. The van der Waals surface area contributed by atoms with Crippen molar-refractivity contribution in [2.24, 2.45) is 5.10 Å². The zero-order valence-corrected chi connectivity index (χ0v) is 13.8. The Morgan fingerprint density at radius 1 is 1.32 bits per heavy atom. The van der Waals surface area contributed by atoms with Gasteiger partial charge >= 0.3 is 0 Å². The van der Waals surface area contributed by atoms with Crippen molar-refractivity contribution in [2.45, 2.75) is 25.8 Å². The highest BCUT2D eigenvalue weighted by molar-refractivity contribution is 6.04. The lowest BCUT2D eigenvalue weighted by Crippen LogP contribution is -2.28. The first-order valence-electron chi connectivity index (χ1n) is 8.26. The molecule has 1 amide bonds. The second-order valence-corrected chi connectivity index (χ2v) is 6.28. The van der Waals surface area contributed by atoms with Gasteiger partial charge in [0, 0.05) is 11.6 Å². The van der Waals surface area contributed by atoms with Crippen molar-refractivity contribution >= 4 is 18.0 Å². The molecule has 0 radical (unpaired) electrons. The Hall–Kier alpha value is -2.89. The third-order valence-corrected chi connectivity index (χ3v) is 4.43. The summed E-state index contributed by atoms with van der Waals surface area (Å²) < 4.78 is 19.8. The smallest absolute Gasteiger partial charge is 0.253 e. The van der Waals surface area contributed by atoms with E-state index in [0.717, 1.165) is 18.4 Å². The number of hydrogen-bond donors (Lipinski definition) is 1. The number of benzene rings is 2. The number of carbonyl (C=O) groups is 1. The van der Waals surface area contributed by atoms with Gasteiger partial charge in [-0.05, 0) is 37.0 Å². The van der Waals surface area contributed by atoms with Gasteiger partial charge in [-0.2, -0.15) is 0 Å². The molecule has 0 unspecified atom stereocenters. The first-order chi connectivity index (χ1) is 12.1. The summed E-state index contributed by atoms with van der Waals surface area (Å²) in [6.45, 7) is 1.90. The minimum absolute atomic E-state index is 0.184. The van der Waals surface area contributed by atoms with E-state index >= 15 is 0 Å². The third kappa shape index (κ3) is 2.95. The van der Waals surface area contributed by atoms with Crippen LogP contribution in [0.5, 0.6) is 0 Å². The summed E-state index contributed by atoms with van der Waals surface area (Å²) in [6.07, 6.45) is 3.26. The molecular weight excluding hydrogens is 321 g/mol. The van der Waals surface area contributed by atoms with E-state index in [-0.39, 0.29) is 24.2 Å². The Balaban J connectivity index is 1.92. The number of halogens is 1. The molecule has 25 heavy (non-hydrogen) atoms. The van der Waals surface area contributed by atoms with Crippen LogP contribution in [0.25, 0.3) is 11.1 Å². The Morgan fingerprint density at radius 2 is 2.08 bits per heavy atom. The molecule has 0 saturated heterocycles. The van der Waals surface area contributed by atoms with E-state index in [1.165, 1.54) is 12.5 Å². The lowest BCUT2D eigenvalue weighted by atomic mass is 9.94. The molecule has 1 heterocycles. The summed E-state index contributed by atoms with van der Waals surface area (Å²) in [7, 11) is 0. The van der Waals surface area contributed by atoms with E-state index in [2.05, 4.69) is 10.4 Å². The molecule has 1 N–H and O–H groups in total. The fourth-order valence-electron chi connectivity index (χ4n) is 2.97. The molecule has 1 aliphatic heterocycles. The molecule has 2 aromatic carbocycles. The van der Waals surface area contributed by atoms with Crippen molar-refractivity contribution in [3.05, 3.63) is 53.3 Å². The number of hydrogen-bond acceptors (Lipinski definition) is 4. The van der Waals surface area contributed by atoms with Gasteiger partial charge in [-0.15, -0.1) is 5.10 Å². The van der Waals surface area contributed by atoms with Gasteiger partial charge in [-0.3, -0.25) is 4.79 Å². The van der Waals surface area contributed by atoms with E-state index < -0.39 is 5.82 Å². The monoisotopic (exact) mass is 339 g/mol. The van der Waals surface area contributed by atoms with Gasteiger partial charge in [-0.1, -0.05) is 30.3 Å². The fraction of sp³-hybridized carbons (Fsp3) is 0.263. The van der Waals surface area contributed by atoms with Gasteiger partial charge < -0.3 is 10.1 Å². The van der Waals surface area contributed by atoms with Crippen LogP contribution < -0.4 is 10.3 Å². The summed E-state index contributed by atoms with van der Waals surface area (Å²) in [5.41, 5.74) is 2.81. The lowest BCUT2D eigenvalue weighted by Gasteiger charge is -2.23. The first kappa shape index (κ1) is 15.6. The largest absolute Gasteiger partial charge is 0.459 e. The molecule has 1 aliphatic carbocycles. The lowest BCUT2D eigenvalue weighted by molar-refractivity contribution is 0.0951. The maximum atomic E-state index is 14.6. The maximum absolute atomic E-state index is 14.6. The highest BCUT2D eigenvalue weighted by Crippen LogP contribution is 2.39. The van der Waals surface area contributed by atoms with Crippen LogP contribution in [-0.2, 0) is 4.74 Å². The molecule has 0 spiro atoms. The molecule has 6 heteroatoms. The average molecular weight is 339 g/mol. The van der Waals surface area contributed by atoms with E-state index in [1.807, 2.05) is 30.3 Å². The van der Waals surface area contributed by atoms with Crippen molar-refractivity contribution in [1.82, 2.24) is 5.32 Å². The molecule has 5 nitrogen and oxygen atoms in total. The summed E-state index contributed by atoms with van der Waals surface area (Å²) in [4.78, 5) is 12.7. The number of amides is 1. The van der Waals surface area contributed by atoms with E-state index in [0.29, 0.717) is 16.8 Å². The zero-order valence-electron chi connectivity index (χ0n) is 13.8. The second-order valence-electron chi connectivity index (χ2n) is 6.28. The second kappa shape index (κ2) is 6.20. The molecule has 1 fully saturated rings. The Kier molecular flexibility index (Phi) is 3.87. The van der Waals surface area contributed by atoms with Crippen LogP contribution in [0, 0.1) is 12.7 Å². The van der Waals surface area contributed by atoms with Crippen LogP contribution in [0.4, 0.5) is 10.1 Å². The van der Waals surface area contributed by atoms with E-state index in [9.17, 15) is 9.18 Å². The first-order valence-corrected chi connectivity index (χ1v) is 8.26. The SMILES string of the molecule is Cc1c(F)cc(C(=O)NC2CC2)c(N2COC=N2)c1-c1ccccc1. The molecule has 0 bridgehead atoms. The Morgan fingerprint density at radius 3 is 2.72 bits per heavy atom. The van der Waals surface area contributed by atoms with Crippen molar-refractivity contribution in [3.63, 3.8) is 0 Å². The minimum atomic E-state index is -0.410. The Bertz CT molecular complexity index is 847. The van der Waals surface area contributed by atoms with Gasteiger partial charge in [0.2, 0.25) is 0 Å². The number of rotatable bonds is 4. The fourth-order valence-corrected chi connectivity index (χ4v) is 2.97. The van der Waals surface area contributed by atoms with Gasteiger partial charge in [0.1, 0.15) is 5.82 Å². The van der Waals surface area contributed by atoms with Gasteiger partial charge in [0.15, 0.2) is 13.1 Å². The minimum Gasteiger partial charge on any atom is -0.459 e. The predicted molar refractivity (Wildman–Crippen MR) is 94.0 cm³/mol. The summed E-state index contributed by atoms with van der Waals surface area (Å²) >= 11 is 0. The molecule has 0 atom stereocenters. The van der Waals surface area contributed by atoms with Crippen LogP contribution in [0.2, 0.25) is 0 Å². The number of hydrazone groups is 1. The number of carbonyl (C=O) groups excluding carboxylic acids is 1.